The molecule has 1 aliphatic heterocycles. The number of benzene rings is 1. The third-order valence-electron chi connectivity index (χ3n) is 3.36. The number of sulfone groups is 2. The minimum absolute atomic E-state index is 0.0142. The van der Waals surface area contributed by atoms with E-state index in [1.807, 2.05) is 0 Å². The van der Waals surface area contributed by atoms with Crippen molar-refractivity contribution in [1.29, 1.82) is 0 Å². The zero-order valence-electron chi connectivity index (χ0n) is 11.4. The smallest absolute Gasteiger partial charge is 0.265 e. The highest BCUT2D eigenvalue weighted by atomic mass is 35.7. The molecule has 0 bridgehead atoms. The molecule has 2 rings (SSSR count). The lowest BCUT2D eigenvalue weighted by Crippen LogP contribution is -2.23. The molecule has 0 amide bonds. The van der Waals surface area contributed by atoms with E-state index in [2.05, 4.69) is 0 Å². The highest BCUT2D eigenvalue weighted by Gasteiger charge is 2.38. The summed E-state index contributed by atoms with van der Waals surface area (Å²) >= 11 is 0. The summed E-state index contributed by atoms with van der Waals surface area (Å²) in [6.07, 6.45) is -0.0142. The van der Waals surface area contributed by atoms with Crippen LogP contribution in [0.3, 0.4) is 0 Å². The molecular weight excluding hydrogens is 376 g/mol. The number of hydrogen-bond acceptors (Lipinski definition) is 7. The van der Waals surface area contributed by atoms with Gasteiger partial charge in [0.15, 0.2) is 19.7 Å². The fourth-order valence-electron chi connectivity index (χ4n) is 2.22. The van der Waals surface area contributed by atoms with Crippen LogP contribution in [0.2, 0.25) is 0 Å². The van der Waals surface area contributed by atoms with E-state index in [0.717, 1.165) is 6.07 Å². The molecule has 1 fully saturated rings. The van der Waals surface area contributed by atoms with Gasteiger partial charge in [0.05, 0.1) is 28.8 Å². The van der Waals surface area contributed by atoms with Gasteiger partial charge < -0.3 is 4.74 Å². The summed E-state index contributed by atoms with van der Waals surface area (Å²) in [4.78, 5) is -0.770. The molecule has 1 saturated heterocycles. The summed E-state index contributed by atoms with van der Waals surface area (Å²) in [5, 5.41) is -1.09. The average Bonchev–Trinajstić information content (AvgIpc) is 2.78. The molecule has 7 nitrogen and oxygen atoms in total. The molecule has 1 aromatic rings. The first-order valence-corrected chi connectivity index (χ1v) is 11.7. The highest BCUT2D eigenvalue weighted by Crippen LogP contribution is 2.32. The Morgan fingerprint density at radius 3 is 2.32 bits per heavy atom. The van der Waals surface area contributed by atoms with Crippen LogP contribution in [0, 0.1) is 0 Å². The maximum Gasteiger partial charge on any atom is 0.265 e. The first-order valence-electron chi connectivity index (χ1n) is 6.04. The lowest BCUT2D eigenvalue weighted by atomic mass is 10.3. The SMILES string of the molecule is COc1ccc(S(=O)(=O)C2CCS(=O)(=O)C2)cc1S(=O)(=O)Cl. The van der Waals surface area contributed by atoms with E-state index in [-0.39, 0.29) is 22.8 Å². The molecule has 0 N–H and O–H groups in total. The summed E-state index contributed by atoms with van der Waals surface area (Å²) in [5.74, 6) is -0.758. The predicted octanol–water partition coefficient (Wildman–Crippen LogP) is 0.583. The Labute approximate surface area is 133 Å². The van der Waals surface area contributed by atoms with Crippen LogP contribution in [-0.2, 0) is 28.7 Å². The highest BCUT2D eigenvalue weighted by molar-refractivity contribution is 8.13. The van der Waals surface area contributed by atoms with Crippen molar-refractivity contribution in [1.82, 2.24) is 0 Å². The topological polar surface area (TPSA) is 112 Å². The lowest BCUT2D eigenvalue weighted by Gasteiger charge is -2.12. The second kappa shape index (κ2) is 5.66. The van der Waals surface area contributed by atoms with Crippen molar-refractivity contribution in [3.8, 4) is 5.75 Å². The van der Waals surface area contributed by atoms with Gasteiger partial charge in [0.2, 0.25) is 0 Å². The lowest BCUT2D eigenvalue weighted by molar-refractivity contribution is 0.402. The first kappa shape index (κ1) is 17.5. The summed E-state index contributed by atoms with van der Waals surface area (Å²) in [5.41, 5.74) is 0. The molecule has 1 atom stereocenters. The third kappa shape index (κ3) is 3.39. The van der Waals surface area contributed by atoms with Crippen LogP contribution in [0.5, 0.6) is 5.75 Å². The van der Waals surface area contributed by atoms with E-state index in [0.29, 0.717) is 0 Å². The molecule has 0 spiro atoms. The van der Waals surface area contributed by atoms with Gasteiger partial charge >= 0.3 is 0 Å². The van der Waals surface area contributed by atoms with E-state index in [9.17, 15) is 25.3 Å². The van der Waals surface area contributed by atoms with Gasteiger partial charge in [-0.05, 0) is 24.6 Å². The predicted molar refractivity (Wildman–Crippen MR) is 80.3 cm³/mol. The zero-order chi connectivity index (χ0) is 16.8. The molecule has 1 aliphatic rings. The molecule has 11 heteroatoms. The van der Waals surface area contributed by atoms with Gasteiger partial charge in [-0.25, -0.2) is 25.3 Å². The zero-order valence-corrected chi connectivity index (χ0v) is 14.6. The summed E-state index contributed by atoms with van der Waals surface area (Å²) in [6, 6.07) is 3.23. The van der Waals surface area contributed by atoms with Crippen LogP contribution >= 0.6 is 10.7 Å². The maximum atomic E-state index is 12.5. The van der Waals surface area contributed by atoms with E-state index in [1.165, 1.54) is 19.2 Å². The number of hydrogen-bond donors (Lipinski definition) is 0. The number of halogens is 1. The van der Waals surface area contributed by atoms with Gasteiger partial charge in [-0.2, -0.15) is 0 Å². The molecule has 22 heavy (non-hydrogen) atoms. The van der Waals surface area contributed by atoms with Crippen molar-refractivity contribution in [3.05, 3.63) is 18.2 Å². The van der Waals surface area contributed by atoms with Gasteiger partial charge in [0, 0.05) is 10.7 Å². The van der Waals surface area contributed by atoms with E-state index in [1.54, 1.807) is 0 Å². The Morgan fingerprint density at radius 1 is 1.23 bits per heavy atom. The van der Waals surface area contributed by atoms with Gasteiger partial charge in [-0.15, -0.1) is 0 Å². The quantitative estimate of drug-likeness (QED) is 0.693. The first-order chi connectivity index (χ1) is 9.97. The van der Waals surface area contributed by atoms with Crippen LogP contribution in [0.25, 0.3) is 0 Å². The van der Waals surface area contributed by atoms with Crippen LogP contribution in [0.1, 0.15) is 6.42 Å². The summed E-state index contributed by atoms with van der Waals surface area (Å²) in [7, 11) is -5.08. The third-order valence-corrected chi connectivity index (χ3v) is 8.87. The molecule has 1 heterocycles. The van der Waals surface area contributed by atoms with Crippen LogP contribution in [-0.4, -0.2) is 49.1 Å². The molecule has 0 aromatic heterocycles. The number of rotatable bonds is 4. The van der Waals surface area contributed by atoms with Gasteiger partial charge in [0.1, 0.15) is 10.6 Å². The van der Waals surface area contributed by atoms with E-state index in [4.69, 9.17) is 15.4 Å². The van der Waals surface area contributed by atoms with E-state index < -0.39 is 44.6 Å². The van der Waals surface area contributed by atoms with Crippen LogP contribution in [0.4, 0.5) is 0 Å². The second-order valence-corrected chi connectivity index (χ2v) is 11.8. The Morgan fingerprint density at radius 2 is 1.86 bits per heavy atom. The molecule has 0 saturated carbocycles. The standard InChI is InChI=1S/C11H13ClO7S3/c1-19-10-3-2-8(6-11(10)22(12,17)18)21(15,16)9-4-5-20(13,14)7-9/h2-3,6,9H,4-5,7H2,1H3. The van der Waals surface area contributed by atoms with Crippen molar-refractivity contribution in [3.63, 3.8) is 0 Å². The Hall–Kier alpha value is -0.840. The van der Waals surface area contributed by atoms with Crippen molar-refractivity contribution in [2.45, 2.75) is 21.5 Å². The minimum Gasteiger partial charge on any atom is -0.495 e. The monoisotopic (exact) mass is 388 g/mol. The van der Waals surface area contributed by atoms with Gasteiger partial charge in [-0.3, -0.25) is 0 Å². The Bertz CT molecular complexity index is 901. The molecule has 124 valence electrons. The van der Waals surface area contributed by atoms with E-state index >= 15 is 0 Å². The molecular formula is C11H13ClO7S3. The molecule has 0 aliphatic carbocycles. The van der Waals surface area contributed by atoms with Crippen LogP contribution < -0.4 is 4.74 Å². The fraction of sp³-hybridized carbons (Fsp3) is 0.455. The van der Waals surface area contributed by atoms with Crippen molar-refractivity contribution in [2.75, 3.05) is 18.6 Å². The average molecular weight is 389 g/mol. The van der Waals surface area contributed by atoms with Gasteiger partial charge in [-0.1, -0.05) is 0 Å². The van der Waals surface area contributed by atoms with Crippen molar-refractivity contribution < 1.29 is 30.0 Å². The number of ether oxygens (including phenoxy) is 1. The minimum atomic E-state index is -4.21. The Balaban J connectivity index is 2.54. The largest absolute Gasteiger partial charge is 0.495 e. The molecule has 1 unspecified atom stereocenters. The van der Waals surface area contributed by atoms with Crippen LogP contribution in [0.15, 0.2) is 28.0 Å². The normalized spacial score (nSPS) is 21.6. The van der Waals surface area contributed by atoms with Gasteiger partial charge in [0.25, 0.3) is 9.05 Å². The molecule has 0 radical (unpaired) electrons. The molecule has 1 aromatic carbocycles. The fourth-order valence-corrected chi connectivity index (χ4v) is 7.70. The summed E-state index contributed by atoms with van der Waals surface area (Å²) < 4.78 is 75.7. The summed E-state index contributed by atoms with van der Waals surface area (Å²) in [6.45, 7) is 0. The Kier molecular flexibility index (Phi) is 4.51. The van der Waals surface area contributed by atoms with Crippen molar-refractivity contribution >= 4 is 39.4 Å². The maximum absolute atomic E-state index is 12.5. The number of methoxy groups -OCH3 is 1. The van der Waals surface area contributed by atoms with Crippen molar-refractivity contribution in [2.24, 2.45) is 0 Å². The second-order valence-electron chi connectivity index (χ2n) is 4.82.